The second-order valence-electron chi connectivity index (χ2n) is 7.73. The number of amides is 2. The third-order valence-electron chi connectivity index (χ3n) is 5.63. The number of nitrogens with one attached hydrogen (secondary N) is 1. The third-order valence-corrected chi connectivity index (χ3v) is 6.49. The summed E-state index contributed by atoms with van der Waals surface area (Å²) in [5.74, 6) is -1.67. The van der Waals surface area contributed by atoms with Gasteiger partial charge < -0.3 is 10.2 Å². The highest BCUT2D eigenvalue weighted by atomic mass is 32.1. The van der Waals surface area contributed by atoms with Crippen LogP contribution in [0.5, 0.6) is 0 Å². The van der Waals surface area contributed by atoms with Crippen molar-refractivity contribution in [1.82, 2.24) is 10.2 Å². The Morgan fingerprint density at radius 1 is 1.00 bits per heavy atom. The molecular formula is C24H21F3N2O2S. The van der Waals surface area contributed by atoms with Crippen LogP contribution in [0.1, 0.15) is 32.3 Å². The van der Waals surface area contributed by atoms with Crippen LogP contribution < -0.4 is 5.32 Å². The number of rotatable bonds is 5. The molecule has 3 aromatic rings. The van der Waals surface area contributed by atoms with Gasteiger partial charge in [-0.1, -0.05) is 54.6 Å². The molecule has 1 aliphatic rings. The molecule has 0 radical (unpaired) electrons. The highest BCUT2D eigenvalue weighted by molar-refractivity contribution is 7.12. The first-order valence-electron chi connectivity index (χ1n) is 10.1. The standard InChI is InChI=1S/C24H21F3N2O2S/c25-24(26,27)18-9-4-8-17(12-18)19-14-29(23(31)21-10-5-11-32-21)15-20(19)22(30)28-13-16-6-2-1-3-7-16/h1-12,19-20H,13-15H2,(H,28,30). The van der Waals surface area contributed by atoms with E-state index in [9.17, 15) is 22.8 Å². The number of likely N-dealkylation sites (tertiary alicyclic amines) is 1. The van der Waals surface area contributed by atoms with Crippen molar-refractivity contribution < 1.29 is 22.8 Å². The Kier molecular flexibility index (Phi) is 6.32. The molecule has 2 atom stereocenters. The van der Waals surface area contributed by atoms with Gasteiger partial charge in [-0.15, -0.1) is 11.3 Å². The van der Waals surface area contributed by atoms with E-state index < -0.39 is 23.6 Å². The molecule has 2 aromatic carbocycles. The van der Waals surface area contributed by atoms with Crippen molar-refractivity contribution in [3.63, 3.8) is 0 Å². The number of thiophene rings is 1. The van der Waals surface area contributed by atoms with E-state index in [4.69, 9.17) is 0 Å². The fraction of sp³-hybridized carbons (Fsp3) is 0.250. The van der Waals surface area contributed by atoms with Crippen LogP contribution in [0.15, 0.2) is 72.1 Å². The first kappa shape index (κ1) is 22.1. The van der Waals surface area contributed by atoms with Crippen molar-refractivity contribution in [3.8, 4) is 0 Å². The highest BCUT2D eigenvalue weighted by Gasteiger charge is 2.41. The number of hydrogen-bond acceptors (Lipinski definition) is 3. The van der Waals surface area contributed by atoms with Crippen molar-refractivity contribution in [1.29, 1.82) is 0 Å². The van der Waals surface area contributed by atoms with Crippen LogP contribution in [0.3, 0.4) is 0 Å². The quantitative estimate of drug-likeness (QED) is 0.589. The maximum absolute atomic E-state index is 13.3. The Morgan fingerprint density at radius 2 is 1.78 bits per heavy atom. The minimum absolute atomic E-state index is 0.151. The molecule has 0 spiro atoms. The van der Waals surface area contributed by atoms with Crippen LogP contribution in [-0.4, -0.2) is 29.8 Å². The minimum Gasteiger partial charge on any atom is -0.352 e. The Hall–Kier alpha value is -3.13. The Labute approximate surface area is 187 Å². The van der Waals surface area contributed by atoms with Crippen molar-refractivity contribution >= 4 is 23.2 Å². The van der Waals surface area contributed by atoms with Crippen LogP contribution >= 0.6 is 11.3 Å². The summed E-state index contributed by atoms with van der Waals surface area (Å²) in [6, 6.07) is 17.9. The summed E-state index contributed by atoms with van der Waals surface area (Å²) in [5, 5.41) is 4.67. The van der Waals surface area contributed by atoms with E-state index in [1.165, 1.54) is 17.4 Å². The van der Waals surface area contributed by atoms with E-state index in [0.717, 1.165) is 17.7 Å². The molecule has 4 nitrogen and oxygen atoms in total. The smallest absolute Gasteiger partial charge is 0.352 e. The molecule has 1 aromatic heterocycles. The van der Waals surface area contributed by atoms with Gasteiger partial charge in [0.2, 0.25) is 5.91 Å². The van der Waals surface area contributed by atoms with E-state index in [1.807, 2.05) is 30.3 Å². The fourth-order valence-electron chi connectivity index (χ4n) is 3.99. The van der Waals surface area contributed by atoms with Gasteiger partial charge in [0.1, 0.15) is 0 Å². The average molecular weight is 459 g/mol. The largest absolute Gasteiger partial charge is 0.416 e. The normalized spacial score (nSPS) is 18.5. The SMILES string of the molecule is O=C(NCc1ccccc1)C1CN(C(=O)c2cccs2)CC1c1cccc(C(F)(F)F)c1. The van der Waals surface area contributed by atoms with Gasteiger partial charge in [0.05, 0.1) is 16.4 Å². The van der Waals surface area contributed by atoms with Gasteiger partial charge in [0.25, 0.3) is 5.91 Å². The Balaban J connectivity index is 1.58. The predicted molar refractivity (Wildman–Crippen MR) is 116 cm³/mol. The number of hydrogen-bond donors (Lipinski definition) is 1. The summed E-state index contributed by atoms with van der Waals surface area (Å²) >= 11 is 1.30. The molecule has 0 aliphatic carbocycles. The molecule has 2 heterocycles. The number of benzene rings is 2. The van der Waals surface area contributed by atoms with Gasteiger partial charge in [0.15, 0.2) is 0 Å². The number of carbonyl (C=O) groups is 2. The summed E-state index contributed by atoms with van der Waals surface area (Å²) < 4.78 is 39.8. The van der Waals surface area contributed by atoms with E-state index in [2.05, 4.69) is 5.32 Å². The topological polar surface area (TPSA) is 49.4 Å². The van der Waals surface area contributed by atoms with Gasteiger partial charge in [-0.3, -0.25) is 9.59 Å². The third kappa shape index (κ3) is 4.85. The highest BCUT2D eigenvalue weighted by Crippen LogP contribution is 2.37. The van der Waals surface area contributed by atoms with Gasteiger partial charge >= 0.3 is 6.18 Å². The van der Waals surface area contributed by atoms with Crippen molar-refractivity contribution in [2.45, 2.75) is 18.6 Å². The second kappa shape index (κ2) is 9.16. The van der Waals surface area contributed by atoms with Crippen molar-refractivity contribution in [2.75, 3.05) is 13.1 Å². The molecule has 0 bridgehead atoms. The molecule has 2 amide bonds. The maximum atomic E-state index is 13.3. The molecule has 166 valence electrons. The Morgan fingerprint density at radius 3 is 2.47 bits per heavy atom. The molecule has 1 fully saturated rings. The number of halogens is 3. The van der Waals surface area contributed by atoms with Gasteiger partial charge in [-0.2, -0.15) is 13.2 Å². The lowest BCUT2D eigenvalue weighted by Gasteiger charge is -2.19. The minimum atomic E-state index is -4.48. The van der Waals surface area contributed by atoms with Gasteiger partial charge in [-0.05, 0) is 28.6 Å². The predicted octanol–water partition coefficient (Wildman–Crippen LogP) is 4.94. The number of carbonyl (C=O) groups excluding carboxylic acids is 2. The van der Waals surface area contributed by atoms with E-state index in [-0.39, 0.29) is 24.9 Å². The summed E-state index contributed by atoms with van der Waals surface area (Å²) in [7, 11) is 0. The zero-order chi connectivity index (χ0) is 22.7. The second-order valence-corrected chi connectivity index (χ2v) is 8.67. The molecular weight excluding hydrogens is 437 g/mol. The fourth-order valence-corrected chi connectivity index (χ4v) is 4.68. The Bertz CT molecular complexity index is 1080. The summed E-state index contributed by atoms with van der Waals surface area (Å²) in [4.78, 5) is 28.1. The summed E-state index contributed by atoms with van der Waals surface area (Å²) in [6.07, 6.45) is -4.48. The monoisotopic (exact) mass is 458 g/mol. The van der Waals surface area contributed by atoms with E-state index in [1.54, 1.807) is 28.5 Å². The summed E-state index contributed by atoms with van der Waals surface area (Å²) in [5.41, 5.74) is 0.559. The lowest BCUT2D eigenvalue weighted by molar-refractivity contribution is -0.137. The first-order valence-corrected chi connectivity index (χ1v) is 11.0. The molecule has 1 aliphatic heterocycles. The van der Waals surface area contributed by atoms with Crippen LogP contribution in [0.25, 0.3) is 0 Å². The van der Waals surface area contributed by atoms with Crippen LogP contribution in [0.2, 0.25) is 0 Å². The van der Waals surface area contributed by atoms with Crippen LogP contribution in [0, 0.1) is 5.92 Å². The molecule has 32 heavy (non-hydrogen) atoms. The summed E-state index contributed by atoms with van der Waals surface area (Å²) in [6.45, 7) is 0.643. The maximum Gasteiger partial charge on any atom is 0.416 e. The number of alkyl halides is 3. The first-order chi connectivity index (χ1) is 15.3. The van der Waals surface area contributed by atoms with E-state index >= 15 is 0 Å². The van der Waals surface area contributed by atoms with E-state index in [0.29, 0.717) is 17.0 Å². The van der Waals surface area contributed by atoms with Gasteiger partial charge in [0, 0.05) is 25.6 Å². The zero-order valence-electron chi connectivity index (χ0n) is 17.0. The van der Waals surface area contributed by atoms with Crippen LogP contribution in [-0.2, 0) is 17.5 Å². The zero-order valence-corrected chi connectivity index (χ0v) is 17.8. The molecule has 2 unspecified atom stereocenters. The lowest BCUT2D eigenvalue weighted by atomic mass is 9.87. The van der Waals surface area contributed by atoms with Crippen LogP contribution in [0.4, 0.5) is 13.2 Å². The van der Waals surface area contributed by atoms with Gasteiger partial charge in [-0.25, -0.2) is 0 Å². The molecule has 1 saturated heterocycles. The average Bonchev–Trinajstić information content (AvgIpc) is 3.48. The lowest BCUT2D eigenvalue weighted by Crippen LogP contribution is -2.35. The van der Waals surface area contributed by atoms with Crippen molar-refractivity contribution in [2.24, 2.45) is 5.92 Å². The molecule has 8 heteroatoms. The molecule has 1 N–H and O–H groups in total. The molecule has 0 saturated carbocycles. The van der Waals surface area contributed by atoms with Crippen molar-refractivity contribution in [3.05, 3.63) is 93.7 Å². The molecule has 4 rings (SSSR count). The number of nitrogens with zero attached hydrogens (tertiary/aromatic N) is 1.